The maximum Gasteiger partial charge on any atom is 0.339 e. The zero-order valence-electron chi connectivity index (χ0n) is 23.4. The van der Waals surface area contributed by atoms with Crippen molar-refractivity contribution in [2.45, 2.75) is 25.9 Å². The number of rotatable bonds is 11. The third-order valence-corrected chi connectivity index (χ3v) is 7.12. The molecule has 0 aliphatic heterocycles. The van der Waals surface area contributed by atoms with Gasteiger partial charge in [0.05, 0.1) is 19.8 Å². The number of hydrogen-bond acceptors (Lipinski definition) is 5. The molecule has 0 radical (unpaired) electrons. The molecule has 4 aromatic carbocycles. The summed E-state index contributed by atoms with van der Waals surface area (Å²) in [6, 6.07) is 33.8. The molecular weight excluding hydrogens is 510 g/mol. The first-order chi connectivity index (χ1) is 20.2. The molecule has 0 amide bonds. The van der Waals surface area contributed by atoms with Gasteiger partial charge in [0.1, 0.15) is 18.1 Å². The number of nitrogens with zero attached hydrogens (tertiary/aromatic N) is 1. The lowest BCUT2D eigenvalue weighted by Gasteiger charge is -2.17. The number of hydrogen-bond donors (Lipinski definition) is 0. The summed E-state index contributed by atoms with van der Waals surface area (Å²) < 4.78 is 17.4. The van der Waals surface area contributed by atoms with Gasteiger partial charge in [0.25, 0.3) is 0 Å². The van der Waals surface area contributed by atoms with Gasteiger partial charge >= 0.3 is 5.97 Å². The lowest BCUT2D eigenvalue weighted by Crippen LogP contribution is -2.07. The minimum atomic E-state index is -0.379. The van der Waals surface area contributed by atoms with Gasteiger partial charge in [-0.2, -0.15) is 0 Å². The Morgan fingerprint density at radius 1 is 0.659 bits per heavy atom. The van der Waals surface area contributed by atoms with E-state index >= 15 is 0 Å². The monoisotopic (exact) mass is 543 g/mol. The second-order valence-corrected chi connectivity index (χ2v) is 9.76. The number of methoxy groups -OCH3 is 2. The van der Waals surface area contributed by atoms with E-state index in [2.05, 4.69) is 29.2 Å². The summed E-state index contributed by atoms with van der Waals surface area (Å²) in [7, 11) is 3.38. The molecule has 0 aliphatic rings. The normalized spacial score (nSPS) is 10.7. The van der Waals surface area contributed by atoms with Crippen molar-refractivity contribution in [1.29, 1.82) is 0 Å². The van der Waals surface area contributed by atoms with Crippen LogP contribution in [0.1, 0.15) is 33.5 Å². The molecule has 0 N–H and O–H groups in total. The van der Waals surface area contributed by atoms with Crippen LogP contribution in [0.2, 0.25) is 0 Å². The summed E-state index contributed by atoms with van der Waals surface area (Å²) in [5.74, 6) is 1.18. The molecule has 206 valence electrons. The summed E-state index contributed by atoms with van der Waals surface area (Å²) in [6.45, 7) is 0.206. The predicted molar refractivity (Wildman–Crippen MR) is 162 cm³/mol. The van der Waals surface area contributed by atoms with Crippen molar-refractivity contribution in [1.82, 2.24) is 4.98 Å². The van der Waals surface area contributed by atoms with Crippen molar-refractivity contribution in [2.24, 2.45) is 0 Å². The highest BCUT2D eigenvalue weighted by Crippen LogP contribution is 2.38. The van der Waals surface area contributed by atoms with Crippen molar-refractivity contribution in [2.75, 3.05) is 14.2 Å². The molecule has 5 aromatic rings. The van der Waals surface area contributed by atoms with E-state index in [-0.39, 0.29) is 12.6 Å². The molecule has 41 heavy (non-hydrogen) atoms. The van der Waals surface area contributed by atoms with E-state index in [4.69, 9.17) is 14.2 Å². The van der Waals surface area contributed by atoms with Gasteiger partial charge in [-0.25, -0.2) is 4.79 Å². The quantitative estimate of drug-likeness (QED) is 0.158. The fraction of sp³-hybridized carbons (Fsp3) is 0.167. The highest BCUT2D eigenvalue weighted by atomic mass is 16.5. The SMILES string of the molecule is COc1cc(-c2ccc(C(=O)OCc3ccccc3)c(-c3ccncc3)c2)cc(OC)c1CCCc1ccccc1. The van der Waals surface area contributed by atoms with Crippen molar-refractivity contribution in [3.05, 3.63) is 138 Å². The first-order valence-corrected chi connectivity index (χ1v) is 13.7. The largest absolute Gasteiger partial charge is 0.496 e. The standard InChI is InChI=1S/C36H33NO4/c1-39-34-23-30(24-35(40-2)32(34)15-9-14-26-10-5-3-6-11-26)29-16-17-31(33(22-29)28-18-20-37-21-19-28)36(38)41-25-27-12-7-4-8-13-27/h3-8,10-13,16-24H,9,14-15,25H2,1-2H3. The van der Waals surface area contributed by atoms with Crippen LogP contribution in [0.3, 0.4) is 0 Å². The van der Waals surface area contributed by atoms with E-state index in [1.807, 2.05) is 78.9 Å². The molecular formula is C36H33NO4. The van der Waals surface area contributed by atoms with Crippen LogP contribution in [0, 0.1) is 0 Å². The number of pyridine rings is 1. The van der Waals surface area contributed by atoms with Crippen molar-refractivity contribution < 1.29 is 19.0 Å². The van der Waals surface area contributed by atoms with E-state index in [1.165, 1.54) is 5.56 Å². The molecule has 0 aliphatic carbocycles. The molecule has 0 saturated carbocycles. The van der Waals surface area contributed by atoms with Gasteiger partial charge in [0.2, 0.25) is 0 Å². The molecule has 1 heterocycles. The van der Waals surface area contributed by atoms with Crippen LogP contribution in [0.15, 0.2) is 116 Å². The average Bonchev–Trinajstić information content (AvgIpc) is 3.04. The molecule has 0 unspecified atom stereocenters. The van der Waals surface area contributed by atoms with Gasteiger partial charge in [-0.15, -0.1) is 0 Å². The van der Waals surface area contributed by atoms with Gasteiger partial charge in [-0.05, 0) is 89.0 Å². The first kappa shape index (κ1) is 27.7. The number of benzene rings is 4. The third-order valence-electron chi connectivity index (χ3n) is 7.12. The molecule has 0 atom stereocenters. The molecule has 5 nitrogen and oxygen atoms in total. The lowest BCUT2D eigenvalue weighted by molar-refractivity contribution is 0.0473. The van der Waals surface area contributed by atoms with E-state index in [0.29, 0.717) is 5.56 Å². The van der Waals surface area contributed by atoms with Crippen LogP contribution in [0.25, 0.3) is 22.3 Å². The Labute approximate surface area is 241 Å². The second-order valence-electron chi connectivity index (χ2n) is 9.76. The Balaban J connectivity index is 1.45. The van der Waals surface area contributed by atoms with Crippen LogP contribution in [-0.4, -0.2) is 25.2 Å². The summed E-state index contributed by atoms with van der Waals surface area (Å²) in [5.41, 5.74) is 7.31. The minimum absolute atomic E-state index is 0.206. The number of aryl methyl sites for hydroxylation is 1. The molecule has 0 saturated heterocycles. The Kier molecular flexibility index (Phi) is 9.07. The summed E-state index contributed by atoms with van der Waals surface area (Å²) in [6.07, 6.45) is 6.22. The number of ether oxygens (including phenoxy) is 3. The summed E-state index contributed by atoms with van der Waals surface area (Å²) >= 11 is 0. The predicted octanol–water partition coefficient (Wildman–Crippen LogP) is 7.97. The highest BCUT2D eigenvalue weighted by Gasteiger charge is 2.18. The van der Waals surface area contributed by atoms with Gasteiger partial charge in [-0.1, -0.05) is 66.7 Å². The number of esters is 1. The Hall–Kier alpha value is -4.90. The van der Waals surface area contributed by atoms with E-state index in [9.17, 15) is 4.79 Å². The van der Waals surface area contributed by atoms with E-state index in [1.54, 1.807) is 26.6 Å². The molecule has 5 heteroatoms. The first-order valence-electron chi connectivity index (χ1n) is 13.7. The fourth-order valence-electron chi connectivity index (χ4n) is 4.98. The Bertz CT molecular complexity index is 1560. The zero-order valence-corrected chi connectivity index (χ0v) is 23.4. The summed E-state index contributed by atoms with van der Waals surface area (Å²) in [4.78, 5) is 17.4. The average molecular weight is 544 g/mol. The molecule has 0 fully saturated rings. The minimum Gasteiger partial charge on any atom is -0.496 e. The molecule has 0 spiro atoms. The van der Waals surface area contributed by atoms with E-state index in [0.717, 1.165) is 64.1 Å². The van der Waals surface area contributed by atoms with Crippen molar-refractivity contribution in [3.63, 3.8) is 0 Å². The van der Waals surface area contributed by atoms with Crippen molar-refractivity contribution >= 4 is 5.97 Å². The topological polar surface area (TPSA) is 57.7 Å². The number of aromatic nitrogens is 1. The Morgan fingerprint density at radius 3 is 1.93 bits per heavy atom. The third kappa shape index (κ3) is 6.82. The van der Waals surface area contributed by atoms with Crippen LogP contribution < -0.4 is 9.47 Å². The van der Waals surface area contributed by atoms with Crippen molar-refractivity contribution in [3.8, 4) is 33.8 Å². The van der Waals surface area contributed by atoms with E-state index < -0.39 is 0 Å². The highest BCUT2D eigenvalue weighted by molar-refractivity contribution is 5.98. The van der Waals surface area contributed by atoms with Crippen LogP contribution in [0.5, 0.6) is 11.5 Å². The maximum atomic E-state index is 13.2. The van der Waals surface area contributed by atoms with Crippen LogP contribution in [0.4, 0.5) is 0 Å². The second kappa shape index (κ2) is 13.4. The van der Waals surface area contributed by atoms with Crippen LogP contribution >= 0.6 is 0 Å². The number of carbonyl (C=O) groups is 1. The van der Waals surface area contributed by atoms with Gasteiger partial charge in [-0.3, -0.25) is 4.98 Å². The number of carbonyl (C=O) groups excluding carboxylic acids is 1. The Morgan fingerprint density at radius 2 is 1.29 bits per heavy atom. The van der Waals surface area contributed by atoms with Gasteiger partial charge in [0, 0.05) is 18.0 Å². The molecule has 1 aromatic heterocycles. The zero-order chi connectivity index (χ0) is 28.4. The van der Waals surface area contributed by atoms with Crippen LogP contribution in [-0.2, 0) is 24.2 Å². The van der Waals surface area contributed by atoms with Gasteiger partial charge in [0.15, 0.2) is 0 Å². The molecule has 0 bridgehead atoms. The van der Waals surface area contributed by atoms with Gasteiger partial charge < -0.3 is 14.2 Å². The fourth-order valence-corrected chi connectivity index (χ4v) is 4.98. The summed E-state index contributed by atoms with van der Waals surface area (Å²) in [5, 5.41) is 0. The smallest absolute Gasteiger partial charge is 0.339 e. The lowest BCUT2D eigenvalue weighted by atomic mass is 9.93. The molecule has 5 rings (SSSR count). The maximum absolute atomic E-state index is 13.2.